The van der Waals surface area contributed by atoms with Crippen molar-refractivity contribution >= 4 is 5.82 Å². The summed E-state index contributed by atoms with van der Waals surface area (Å²) in [5.74, 6) is 1.06. The van der Waals surface area contributed by atoms with Crippen molar-refractivity contribution in [3.05, 3.63) is 35.4 Å². The number of phenolic OH excluding ortho intramolecular Hbond substituents is 1. The predicted octanol–water partition coefficient (Wildman–Crippen LogP) is 2.43. The van der Waals surface area contributed by atoms with Gasteiger partial charge >= 0.3 is 0 Å². The SMILES string of the molecule is Cc1cc(C)c(-c2ccc(N3CCC(O)CC3)nn2)c(O)c1. The Morgan fingerprint density at radius 1 is 1.09 bits per heavy atom. The van der Waals surface area contributed by atoms with Crippen LogP contribution >= 0.6 is 0 Å². The van der Waals surface area contributed by atoms with E-state index in [1.165, 1.54) is 0 Å². The van der Waals surface area contributed by atoms with Crippen LogP contribution in [0.2, 0.25) is 0 Å². The molecule has 5 nitrogen and oxygen atoms in total. The number of aliphatic hydroxyl groups is 1. The average Bonchev–Trinajstić information content (AvgIpc) is 2.48. The third-order valence-electron chi connectivity index (χ3n) is 4.15. The van der Waals surface area contributed by atoms with Crippen LogP contribution in [0, 0.1) is 13.8 Å². The van der Waals surface area contributed by atoms with Gasteiger partial charge in [-0.15, -0.1) is 10.2 Å². The standard InChI is InChI=1S/C17H21N3O2/c1-11-9-12(2)17(15(22)10-11)14-3-4-16(19-18-14)20-7-5-13(21)6-8-20/h3-4,9-10,13,21-22H,5-8H2,1-2H3. The molecule has 0 saturated carbocycles. The molecule has 1 aliphatic heterocycles. The van der Waals surface area contributed by atoms with Crippen LogP contribution in [0.15, 0.2) is 24.3 Å². The summed E-state index contributed by atoms with van der Waals surface area (Å²) < 4.78 is 0. The van der Waals surface area contributed by atoms with Crippen molar-refractivity contribution in [2.75, 3.05) is 18.0 Å². The van der Waals surface area contributed by atoms with Crippen molar-refractivity contribution in [3.63, 3.8) is 0 Å². The van der Waals surface area contributed by atoms with Crippen molar-refractivity contribution in [2.45, 2.75) is 32.8 Å². The maximum Gasteiger partial charge on any atom is 0.151 e. The third kappa shape index (κ3) is 2.90. The lowest BCUT2D eigenvalue weighted by Gasteiger charge is -2.30. The van der Waals surface area contributed by atoms with Gasteiger partial charge in [0.05, 0.1) is 11.8 Å². The average molecular weight is 299 g/mol. The van der Waals surface area contributed by atoms with E-state index in [4.69, 9.17) is 0 Å². The smallest absolute Gasteiger partial charge is 0.151 e. The first-order valence-electron chi connectivity index (χ1n) is 7.62. The van der Waals surface area contributed by atoms with E-state index < -0.39 is 0 Å². The van der Waals surface area contributed by atoms with Crippen LogP contribution in [-0.2, 0) is 0 Å². The maximum absolute atomic E-state index is 10.2. The lowest BCUT2D eigenvalue weighted by Crippen LogP contribution is -2.36. The number of nitrogens with zero attached hydrogens (tertiary/aromatic N) is 3. The Labute approximate surface area is 130 Å². The maximum atomic E-state index is 10.2. The number of aromatic hydroxyl groups is 1. The first-order valence-corrected chi connectivity index (χ1v) is 7.62. The van der Waals surface area contributed by atoms with E-state index in [-0.39, 0.29) is 11.9 Å². The number of benzene rings is 1. The molecule has 2 aromatic rings. The summed E-state index contributed by atoms with van der Waals surface area (Å²) in [6.07, 6.45) is 1.33. The summed E-state index contributed by atoms with van der Waals surface area (Å²) >= 11 is 0. The largest absolute Gasteiger partial charge is 0.507 e. The van der Waals surface area contributed by atoms with Crippen LogP contribution in [-0.4, -0.2) is 39.6 Å². The number of anilines is 1. The molecular weight excluding hydrogens is 278 g/mol. The molecule has 0 bridgehead atoms. The third-order valence-corrected chi connectivity index (χ3v) is 4.15. The lowest BCUT2D eigenvalue weighted by atomic mass is 10.0. The summed E-state index contributed by atoms with van der Waals surface area (Å²) in [7, 11) is 0. The Kier molecular flexibility index (Phi) is 3.98. The zero-order chi connectivity index (χ0) is 15.7. The van der Waals surface area contributed by atoms with Crippen LogP contribution in [0.1, 0.15) is 24.0 Å². The quantitative estimate of drug-likeness (QED) is 0.891. The minimum Gasteiger partial charge on any atom is -0.507 e. The van der Waals surface area contributed by atoms with Gasteiger partial charge in [-0.05, 0) is 56.0 Å². The summed E-state index contributed by atoms with van der Waals surface area (Å²) in [6.45, 7) is 5.51. The molecule has 0 amide bonds. The minimum atomic E-state index is -0.198. The molecule has 5 heteroatoms. The van der Waals surface area contributed by atoms with Gasteiger partial charge in [0.1, 0.15) is 5.75 Å². The van der Waals surface area contributed by atoms with Crippen LogP contribution in [0.25, 0.3) is 11.3 Å². The summed E-state index contributed by atoms with van der Waals surface area (Å²) in [6, 6.07) is 7.59. The van der Waals surface area contributed by atoms with Crippen molar-refractivity contribution in [3.8, 4) is 17.0 Å². The van der Waals surface area contributed by atoms with E-state index in [9.17, 15) is 10.2 Å². The molecule has 0 atom stereocenters. The van der Waals surface area contributed by atoms with Crippen molar-refractivity contribution in [1.82, 2.24) is 10.2 Å². The van der Waals surface area contributed by atoms with Crippen molar-refractivity contribution in [2.24, 2.45) is 0 Å². The lowest BCUT2D eigenvalue weighted by molar-refractivity contribution is 0.145. The van der Waals surface area contributed by atoms with E-state index >= 15 is 0 Å². The zero-order valence-electron chi connectivity index (χ0n) is 13.0. The second kappa shape index (κ2) is 5.93. The number of hydrogen-bond donors (Lipinski definition) is 2. The molecule has 2 N–H and O–H groups in total. The van der Waals surface area contributed by atoms with Crippen molar-refractivity contribution < 1.29 is 10.2 Å². The number of rotatable bonds is 2. The molecule has 0 spiro atoms. The molecule has 0 unspecified atom stereocenters. The molecule has 1 aliphatic rings. The second-order valence-electron chi connectivity index (χ2n) is 5.97. The Morgan fingerprint density at radius 2 is 1.82 bits per heavy atom. The fourth-order valence-electron chi connectivity index (χ4n) is 3.00. The first kappa shape index (κ1) is 14.8. The van der Waals surface area contributed by atoms with Gasteiger partial charge in [-0.25, -0.2) is 0 Å². The fraction of sp³-hybridized carbons (Fsp3) is 0.412. The van der Waals surface area contributed by atoms with Gasteiger partial charge < -0.3 is 15.1 Å². The monoisotopic (exact) mass is 299 g/mol. The van der Waals surface area contributed by atoms with Gasteiger partial charge in [0.15, 0.2) is 5.82 Å². The van der Waals surface area contributed by atoms with E-state index in [1.807, 2.05) is 32.0 Å². The normalized spacial score (nSPS) is 16.0. The van der Waals surface area contributed by atoms with Crippen LogP contribution < -0.4 is 4.90 Å². The first-order chi connectivity index (χ1) is 10.5. The fourth-order valence-corrected chi connectivity index (χ4v) is 3.00. The van der Waals surface area contributed by atoms with Crippen molar-refractivity contribution in [1.29, 1.82) is 0 Å². The molecular formula is C17H21N3O2. The number of aryl methyl sites for hydroxylation is 2. The molecule has 3 rings (SSSR count). The van der Waals surface area contributed by atoms with Gasteiger partial charge in [-0.3, -0.25) is 0 Å². The van der Waals surface area contributed by atoms with E-state index in [1.54, 1.807) is 6.07 Å². The predicted molar refractivity (Wildman–Crippen MR) is 86.1 cm³/mol. The molecule has 1 aromatic carbocycles. The Hall–Kier alpha value is -2.14. The summed E-state index contributed by atoms with van der Waals surface area (Å²) in [5, 5.41) is 28.3. The number of piperidine rings is 1. The van der Waals surface area contributed by atoms with Crippen LogP contribution in [0.5, 0.6) is 5.75 Å². The van der Waals surface area contributed by atoms with Crippen LogP contribution in [0.3, 0.4) is 0 Å². The highest BCUT2D eigenvalue weighted by Crippen LogP contribution is 2.32. The van der Waals surface area contributed by atoms with Gasteiger partial charge in [0.25, 0.3) is 0 Å². The molecule has 116 valence electrons. The summed E-state index contributed by atoms with van der Waals surface area (Å²) in [4.78, 5) is 2.13. The van der Waals surface area contributed by atoms with Gasteiger partial charge in [0.2, 0.25) is 0 Å². The highest BCUT2D eigenvalue weighted by Gasteiger charge is 2.19. The van der Waals surface area contributed by atoms with Gasteiger partial charge in [-0.2, -0.15) is 0 Å². The highest BCUT2D eigenvalue weighted by atomic mass is 16.3. The molecule has 1 saturated heterocycles. The van der Waals surface area contributed by atoms with Gasteiger partial charge in [0, 0.05) is 18.7 Å². The molecule has 1 fully saturated rings. The number of phenols is 1. The van der Waals surface area contributed by atoms with E-state index in [0.717, 1.165) is 48.4 Å². The number of aromatic nitrogens is 2. The summed E-state index contributed by atoms with van der Waals surface area (Å²) in [5.41, 5.74) is 3.42. The van der Waals surface area contributed by atoms with Crippen LogP contribution in [0.4, 0.5) is 5.82 Å². The van der Waals surface area contributed by atoms with E-state index in [2.05, 4.69) is 15.1 Å². The Morgan fingerprint density at radius 3 is 2.41 bits per heavy atom. The highest BCUT2D eigenvalue weighted by molar-refractivity contribution is 5.71. The Bertz CT molecular complexity index is 639. The molecule has 0 radical (unpaired) electrons. The zero-order valence-corrected chi connectivity index (χ0v) is 13.0. The Balaban J connectivity index is 1.86. The van der Waals surface area contributed by atoms with E-state index in [0.29, 0.717) is 5.69 Å². The molecule has 0 aliphatic carbocycles. The van der Waals surface area contributed by atoms with Gasteiger partial charge in [-0.1, -0.05) is 6.07 Å². The second-order valence-corrected chi connectivity index (χ2v) is 5.97. The minimum absolute atomic E-state index is 0.198. The number of aliphatic hydroxyl groups excluding tert-OH is 1. The topological polar surface area (TPSA) is 69.5 Å². The number of hydrogen-bond acceptors (Lipinski definition) is 5. The molecule has 2 heterocycles. The molecule has 22 heavy (non-hydrogen) atoms. The molecule has 1 aromatic heterocycles.